The molecule has 5 fully saturated rings. The molecule has 1 saturated heterocycles. The predicted molar refractivity (Wildman–Crippen MR) is 199 cm³/mol. The zero-order valence-electron chi connectivity index (χ0n) is 31.0. The van der Waals surface area contributed by atoms with E-state index in [2.05, 4.69) is 48.6 Å². The summed E-state index contributed by atoms with van der Waals surface area (Å²) in [6, 6.07) is 0.0463. The van der Waals surface area contributed by atoms with Crippen LogP contribution in [0.2, 0.25) is 0 Å². The largest absolute Gasteiger partial charge is 0.346 e. The molecule has 52 heavy (non-hydrogen) atoms. The molecule has 0 spiro atoms. The van der Waals surface area contributed by atoms with Crippen LogP contribution >= 0.6 is 11.3 Å². The Labute approximate surface area is 311 Å². The van der Waals surface area contributed by atoms with Crippen LogP contribution in [0.5, 0.6) is 0 Å². The van der Waals surface area contributed by atoms with Gasteiger partial charge in [-0.2, -0.15) is 0 Å². The Morgan fingerprint density at radius 3 is 2.27 bits per heavy atom. The highest BCUT2D eigenvalue weighted by atomic mass is 32.1. The monoisotopic (exact) mass is 735 g/mol. The van der Waals surface area contributed by atoms with Crippen LogP contribution in [0.15, 0.2) is 30.2 Å². The molecule has 5 amide bonds. The van der Waals surface area contributed by atoms with Gasteiger partial charge in [-0.15, -0.1) is 17.9 Å². The summed E-state index contributed by atoms with van der Waals surface area (Å²) in [6.07, 6.45) is 12.8. The first-order valence-electron chi connectivity index (χ1n) is 19.5. The van der Waals surface area contributed by atoms with Crippen molar-refractivity contribution in [2.24, 2.45) is 34.5 Å². The molecule has 1 aromatic heterocycles. The molecule has 4 saturated carbocycles. The molecule has 4 N–H and O–H groups in total. The van der Waals surface area contributed by atoms with Crippen LogP contribution < -0.4 is 21.3 Å². The van der Waals surface area contributed by atoms with Crippen molar-refractivity contribution in [3.63, 3.8) is 0 Å². The van der Waals surface area contributed by atoms with Gasteiger partial charge in [-0.05, 0) is 78.1 Å². The molecule has 1 unspecified atom stereocenters. The number of likely N-dealkylation sites (tertiary alicyclic amines) is 1. The molecular formula is C40H57N5O6S. The number of piperidine rings is 1. The summed E-state index contributed by atoms with van der Waals surface area (Å²) in [5.74, 6) is -2.62. The third kappa shape index (κ3) is 8.16. The number of carbonyl (C=O) groups is 6. The van der Waals surface area contributed by atoms with Crippen molar-refractivity contribution in [2.45, 2.75) is 128 Å². The minimum absolute atomic E-state index is 0.0454. The van der Waals surface area contributed by atoms with Gasteiger partial charge in [0.15, 0.2) is 0 Å². The molecule has 0 bridgehead atoms. The van der Waals surface area contributed by atoms with Gasteiger partial charge >= 0.3 is 0 Å². The molecule has 5 aliphatic rings. The van der Waals surface area contributed by atoms with E-state index in [1.807, 2.05) is 11.4 Å². The number of amides is 5. The summed E-state index contributed by atoms with van der Waals surface area (Å²) in [6.45, 7) is 10.4. The lowest BCUT2D eigenvalue weighted by atomic mass is 9.69. The highest BCUT2D eigenvalue weighted by Crippen LogP contribution is 2.65. The van der Waals surface area contributed by atoms with Crippen molar-refractivity contribution in [3.8, 4) is 0 Å². The van der Waals surface area contributed by atoms with E-state index in [-0.39, 0.29) is 53.4 Å². The van der Waals surface area contributed by atoms with Crippen LogP contribution in [0.1, 0.15) is 114 Å². The molecule has 1 aliphatic heterocycles. The zero-order valence-corrected chi connectivity index (χ0v) is 31.9. The van der Waals surface area contributed by atoms with Crippen molar-refractivity contribution in [1.29, 1.82) is 0 Å². The Hall–Kier alpha value is -3.54. The highest BCUT2D eigenvalue weighted by Gasteiger charge is 2.70. The van der Waals surface area contributed by atoms with Gasteiger partial charge in [-0.3, -0.25) is 28.8 Å². The quantitative estimate of drug-likeness (QED) is 0.154. The van der Waals surface area contributed by atoms with Gasteiger partial charge < -0.3 is 26.2 Å². The van der Waals surface area contributed by atoms with Crippen LogP contribution in [-0.4, -0.2) is 77.5 Å². The number of hydrogen-bond donors (Lipinski definition) is 4. The smallest absolute Gasteiger partial charge is 0.289 e. The highest BCUT2D eigenvalue weighted by molar-refractivity contribution is 7.12. The van der Waals surface area contributed by atoms with Gasteiger partial charge in [0.05, 0.1) is 10.9 Å². The molecular weight excluding hydrogens is 679 g/mol. The standard InChI is InChI=1S/C40H57N5O6S/c1-5-20-41-37(50)32(46)27(22-24-16-17-24)42-36(49)31-29-26(39(29,2)3)23-45(31)38(51)33(40(4)18-10-7-11-19-40)44-35(48)30(25-13-8-6-9-14-25)43-34(47)28-15-12-21-52-28/h5,12,15,21,24-27,29-31,33H,1,6-11,13-14,16-20,22-23H2,2-4H3,(H,41,50)(H,42,49)(H,43,47)(H,44,48)/t26-,27?,29-,30-,31-,33+/m0/s1. The summed E-state index contributed by atoms with van der Waals surface area (Å²) < 4.78 is 0. The molecule has 2 heterocycles. The molecule has 6 rings (SSSR count). The minimum Gasteiger partial charge on any atom is -0.346 e. The van der Waals surface area contributed by atoms with E-state index in [0.717, 1.165) is 77.0 Å². The van der Waals surface area contributed by atoms with Gasteiger partial charge in [-0.1, -0.05) is 84.3 Å². The Morgan fingerprint density at radius 1 is 0.942 bits per heavy atom. The molecule has 0 aromatic carbocycles. The number of thiophene rings is 1. The molecule has 11 nitrogen and oxygen atoms in total. The normalized spacial score (nSPS) is 26.5. The third-order valence-corrected chi connectivity index (χ3v) is 13.8. The number of hydrogen-bond acceptors (Lipinski definition) is 7. The second kappa shape index (κ2) is 15.8. The summed E-state index contributed by atoms with van der Waals surface area (Å²) in [5, 5.41) is 13.6. The number of ketones is 1. The van der Waals surface area contributed by atoms with Crippen LogP contribution in [0, 0.1) is 34.5 Å². The van der Waals surface area contributed by atoms with Crippen LogP contribution in [-0.2, 0) is 24.0 Å². The number of fused-ring (bicyclic) bond motifs is 1. The van der Waals surface area contributed by atoms with E-state index >= 15 is 4.79 Å². The van der Waals surface area contributed by atoms with Crippen LogP contribution in [0.3, 0.4) is 0 Å². The maximum atomic E-state index is 15.0. The minimum atomic E-state index is -0.989. The average Bonchev–Trinajstić information content (AvgIpc) is 3.83. The molecule has 0 radical (unpaired) electrons. The van der Waals surface area contributed by atoms with Gasteiger partial charge in [0.2, 0.25) is 23.5 Å². The van der Waals surface area contributed by atoms with Gasteiger partial charge in [0, 0.05) is 13.1 Å². The Bertz CT molecular complexity index is 1530. The maximum absolute atomic E-state index is 15.0. The third-order valence-electron chi connectivity index (χ3n) is 13.0. The Balaban J connectivity index is 1.26. The topological polar surface area (TPSA) is 154 Å². The van der Waals surface area contributed by atoms with Gasteiger partial charge in [0.1, 0.15) is 18.1 Å². The van der Waals surface area contributed by atoms with E-state index in [9.17, 15) is 24.0 Å². The first-order chi connectivity index (χ1) is 24.9. The van der Waals surface area contributed by atoms with Crippen molar-refractivity contribution in [2.75, 3.05) is 13.1 Å². The van der Waals surface area contributed by atoms with Crippen LogP contribution in [0.4, 0.5) is 0 Å². The maximum Gasteiger partial charge on any atom is 0.289 e. The SMILES string of the molecule is C=CCNC(=O)C(=O)C(CC1CC1)NC(=O)[C@@H]1[C@@H]2[C@H](CN1C(=O)[C@@H](NC(=O)[C@@H](NC(=O)c1cccs1)C1CCCCC1)C1(C)CCCCC1)C2(C)C. The van der Waals surface area contributed by atoms with Crippen molar-refractivity contribution >= 4 is 46.7 Å². The first kappa shape index (κ1) is 38.2. The van der Waals surface area contributed by atoms with E-state index in [0.29, 0.717) is 17.8 Å². The Morgan fingerprint density at radius 2 is 1.63 bits per heavy atom. The molecule has 6 atom stereocenters. The van der Waals surface area contributed by atoms with Gasteiger partial charge in [-0.25, -0.2) is 0 Å². The van der Waals surface area contributed by atoms with Gasteiger partial charge in [0.25, 0.3) is 11.8 Å². The number of Topliss-reactive ketones (excluding diaryl/α,β-unsaturated/α-hetero) is 1. The van der Waals surface area contributed by atoms with E-state index in [4.69, 9.17) is 0 Å². The average molecular weight is 736 g/mol. The van der Waals surface area contributed by atoms with Crippen molar-refractivity contribution < 1.29 is 28.8 Å². The summed E-state index contributed by atoms with van der Waals surface area (Å²) in [5.41, 5.74) is -0.724. The lowest BCUT2D eigenvalue weighted by Gasteiger charge is -2.44. The summed E-state index contributed by atoms with van der Waals surface area (Å²) in [4.78, 5) is 85.4. The van der Waals surface area contributed by atoms with E-state index < -0.39 is 47.2 Å². The van der Waals surface area contributed by atoms with Crippen molar-refractivity contribution in [1.82, 2.24) is 26.2 Å². The molecule has 4 aliphatic carbocycles. The fourth-order valence-corrected chi connectivity index (χ4v) is 10.1. The lowest BCUT2D eigenvalue weighted by Crippen LogP contribution is -2.63. The summed E-state index contributed by atoms with van der Waals surface area (Å²) >= 11 is 1.32. The number of carbonyl (C=O) groups excluding carboxylic acids is 6. The lowest BCUT2D eigenvalue weighted by molar-refractivity contribution is -0.148. The zero-order chi connectivity index (χ0) is 37.2. The second-order valence-corrected chi connectivity index (χ2v) is 17.9. The van der Waals surface area contributed by atoms with E-state index in [1.54, 1.807) is 11.0 Å². The van der Waals surface area contributed by atoms with E-state index in [1.165, 1.54) is 17.4 Å². The first-order valence-corrected chi connectivity index (χ1v) is 20.4. The predicted octanol–water partition coefficient (Wildman–Crippen LogP) is 4.52. The molecule has 284 valence electrons. The Kier molecular flexibility index (Phi) is 11.6. The molecule has 1 aromatic rings. The van der Waals surface area contributed by atoms with Crippen LogP contribution in [0.25, 0.3) is 0 Å². The fourth-order valence-electron chi connectivity index (χ4n) is 9.46. The molecule has 12 heteroatoms. The van der Waals surface area contributed by atoms with Crippen molar-refractivity contribution in [3.05, 3.63) is 35.0 Å². The number of rotatable bonds is 15. The number of nitrogens with one attached hydrogen (secondary N) is 4. The second-order valence-electron chi connectivity index (χ2n) is 17.0. The number of nitrogens with zero attached hydrogens (tertiary/aromatic N) is 1. The summed E-state index contributed by atoms with van der Waals surface area (Å²) in [7, 11) is 0. The fraction of sp³-hybridized carbons (Fsp3) is 0.700.